The number of aliphatic hydroxyl groups excluding tert-OH is 1. The summed E-state index contributed by atoms with van der Waals surface area (Å²) in [6.45, 7) is 7.65. The quantitative estimate of drug-likeness (QED) is 0.787. The molecular weight excluding hydrogens is 266 g/mol. The van der Waals surface area contributed by atoms with Gasteiger partial charge in [0.25, 0.3) is 0 Å². The first-order valence-electron chi connectivity index (χ1n) is 7.55. The summed E-state index contributed by atoms with van der Waals surface area (Å²) < 4.78 is 0. The molecule has 1 aliphatic rings. The Balaban J connectivity index is 1.67. The topological polar surface area (TPSA) is 55.8 Å². The molecule has 1 aromatic rings. The number of aliphatic hydroxyl groups is 1. The van der Waals surface area contributed by atoms with Crippen LogP contribution in [-0.4, -0.2) is 66.7 Å². The molecule has 0 radical (unpaired) electrons. The number of nitrogens with one attached hydrogen (secondary N) is 1. The van der Waals surface area contributed by atoms with Crippen molar-refractivity contribution in [3.05, 3.63) is 35.4 Å². The molecule has 1 aliphatic heterocycles. The fourth-order valence-corrected chi connectivity index (χ4v) is 2.48. The molecule has 0 bridgehead atoms. The monoisotopic (exact) mass is 291 g/mol. The summed E-state index contributed by atoms with van der Waals surface area (Å²) >= 11 is 0. The van der Waals surface area contributed by atoms with Gasteiger partial charge in [-0.2, -0.15) is 0 Å². The highest BCUT2D eigenvalue weighted by atomic mass is 16.3. The number of carbonyl (C=O) groups is 1. The zero-order chi connectivity index (χ0) is 15.1. The van der Waals surface area contributed by atoms with Gasteiger partial charge in [0.2, 0.25) is 5.91 Å². The first-order valence-corrected chi connectivity index (χ1v) is 7.55. The maximum atomic E-state index is 12.0. The molecule has 0 spiro atoms. The molecule has 2 N–H and O–H groups in total. The molecule has 21 heavy (non-hydrogen) atoms. The fraction of sp³-hybridized carbons (Fsp3) is 0.562. The van der Waals surface area contributed by atoms with E-state index in [0.29, 0.717) is 13.1 Å². The second-order valence-electron chi connectivity index (χ2n) is 5.60. The summed E-state index contributed by atoms with van der Waals surface area (Å²) in [4.78, 5) is 16.3. The van der Waals surface area contributed by atoms with Crippen molar-refractivity contribution in [3.8, 4) is 0 Å². The summed E-state index contributed by atoms with van der Waals surface area (Å²) in [5.74, 6) is 0.0752. The molecule has 0 aliphatic carbocycles. The number of nitrogens with zero attached hydrogens (tertiary/aromatic N) is 2. The van der Waals surface area contributed by atoms with E-state index in [1.807, 2.05) is 12.1 Å². The molecule has 2 rings (SSSR count). The molecule has 5 nitrogen and oxygen atoms in total. The molecule has 1 fully saturated rings. The van der Waals surface area contributed by atoms with Crippen molar-refractivity contribution >= 4 is 5.91 Å². The van der Waals surface area contributed by atoms with Gasteiger partial charge in [-0.15, -0.1) is 0 Å². The van der Waals surface area contributed by atoms with Crippen LogP contribution in [-0.2, 0) is 11.3 Å². The smallest absolute Gasteiger partial charge is 0.234 e. The highest BCUT2D eigenvalue weighted by molar-refractivity contribution is 5.78. The number of piperazine rings is 1. The van der Waals surface area contributed by atoms with Gasteiger partial charge in [-0.25, -0.2) is 0 Å². The van der Waals surface area contributed by atoms with E-state index in [-0.39, 0.29) is 12.5 Å². The van der Waals surface area contributed by atoms with E-state index in [1.165, 1.54) is 5.56 Å². The molecule has 1 heterocycles. The van der Waals surface area contributed by atoms with Crippen molar-refractivity contribution in [1.82, 2.24) is 15.1 Å². The van der Waals surface area contributed by atoms with Gasteiger partial charge >= 0.3 is 0 Å². The summed E-state index contributed by atoms with van der Waals surface area (Å²) in [5, 5.41) is 11.9. The van der Waals surface area contributed by atoms with E-state index < -0.39 is 0 Å². The maximum Gasteiger partial charge on any atom is 0.234 e. The molecule has 0 unspecified atom stereocenters. The van der Waals surface area contributed by atoms with Gasteiger partial charge in [-0.05, 0) is 12.5 Å². The molecule has 0 aromatic heterocycles. The number of benzene rings is 1. The van der Waals surface area contributed by atoms with Crippen LogP contribution in [0.5, 0.6) is 0 Å². The molecular formula is C16H25N3O2. The zero-order valence-corrected chi connectivity index (χ0v) is 12.7. The standard InChI is InChI=1S/C16H25N3O2/c1-14-2-4-15(5-3-14)12-17-16(21)13-19-8-6-18(7-9-19)10-11-20/h2-5,20H,6-13H2,1H3,(H,17,21). The van der Waals surface area contributed by atoms with Crippen LogP contribution in [0.3, 0.4) is 0 Å². The van der Waals surface area contributed by atoms with E-state index in [0.717, 1.165) is 38.3 Å². The van der Waals surface area contributed by atoms with Crippen LogP contribution in [0, 0.1) is 6.92 Å². The third kappa shape index (κ3) is 5.46. The van der Waals surface area contributed by atoms with Crippen LogP contribution in [0.15, 0.2) is 24.3 Å². The molecule has 116 valence electrons. The SMILES string of the molecule is Cc1ccc(CNC(=O)CN2CCN(CCO)CC2)cc1. The average Bonchev–Trinajstić information content (AvgIpc) is 2.49. The number of hydrogen-bond acceptors (Lipinski definition) is 4. The van der Waals surface area contributed by atoms with Crippen LogP contribution in [0.2, 0.25) is 0 Å². The van der Waals surface area contributed by atoms with Gasteiger partial charge in [0.1, 0.15) is 0 Å². The predicted octanol–water partition coefficient (Wildman–Crippen LogP) is 0.221. The second kappa shape index (κ2) is 8.12. The van der Waals surface area contributed by atoms with E-state index in [2.05, 4.69) is 34.2 Å². The third-order valence-electron chi connectivity index (χ3n) is 3.86. The fourth-order valence-electron chi connectivity index (χ4n) is 2.48. The Labute approximate surface area is 126 Å². The van der Waals surface area contributed by atoms with Crippen LogP contribution >= 0.6 is 0 Å². The van der Waals surface area contributed by atoms with Crippen molar-refractivity contribution in [2.45, 2.75) is 13.5 Å². The highest BCUT2D eigenvalue weighted by Crippen LogP contribution is 2.03. The number of rotatable bonds is 6. The number of aryl methyl sites for hydroxylation is 1. The number of carbonyl (C=O) groups excluding carboxylic acids is 1. The normalized spacial score (nSPS) is 16.9. The minimum absolute atomic E-state index is 0.0752. The average molecular weight is 291 g/mol. The Morgan fingerprint density at radius 1 is 1.14 bits per heavy atom. The lowest BCUT2D eigenvalue weighted by atomic mass is 10.1. The minimum Gasteiger partial charge on any atom is -0.395 e. The molecule has 1 amide bonds. The molecule has 0 atom stereocenters. The van der Waals surface area contributed by atoms with Gasteiger partial charge in [0.05, 0.1) is 13.2 Å². The zero-order valence-electron chi connectivity index (χ0n) is 12.7. The molecule has 5 heteroatoms. The van der Waals surface area contributed by atoms with E-state index >= 15 is 0 Å². The van der Waals surface area contributed by atoms with Crippen molar-refractivity contribution in [2.24, 2.45) is 0 Å². The third-order valence-corrected chi connectivity index (χ3v) is 3.86. The molecule has 0 saturated carbocycles. The molecule has 1 saturated heterocycles. The largest absolute Gasteiger partial charge is 0.395 e. The van der Waals surface area contributed by atoms with Crippen molar-refractivity contribution in [3.63, 3.8) is 0 Å². The summed E-state index contributed by atoms with van der Waals surface area (Å²) in [5.41, 5.74) is 2.35. The van der Waals surface area contributed by atoms with Gasteiger partial charge < -0.3 is 10.4 Å². The van der Waals surface area contributed by atoms with Gasteiger partial charge in [-0.1, -0.05) is 29.8 Å². The Morgan fingerprint density at radius 2 is 1.76 bits per heavy atom. The highest BCUT2D eigenvalue weighted by Gasteiger charge is 2.18. The summed E-state index contributed by atoms with van der Waals surface area (Å²) in [6.07, 6.45) is 0. The maximum absolute atomic E-state index is 12.0. The lowest BCUT2D eigenvalue weighted by Gasteiger charge is -2.33. The van der Waals surface area contributed by atoms with Gasteiger partial charge in [0.15, 0.2) is 0 Å². The Hall–Kier alpha value is -1.43. The number of β-amino-alcohol motifs (C(OH)–C–C–N with tert-alkyl or cyclic N) is 1. The summed E-state index contributed by atoms with van der Waals surface area (Å²) in [7, 11) is 0. The van der Waals surface area contributed by atoms with E-state index in [1.54, 1.807) is 0 Å². The van der Waals surface area contributed by atoms with Crippen LogP contribution in [0.1, 0.15) is 11.1 Å². The van der Waals surface area contributed by atoms with E-state index in [9.17, 15) is 4.79 Å². The number of hydrogen-bond donors (Lipinski definition) is 2. The van der Waals surface area contributed by atoms with E-state index in [4.69, 9.17) is 5.11 Å². The van der Waals surface area contributed by atoms with Crippen LogP contribution in [0.4, 0.5) is 0 Å². The summed E-state index contributed by atoms with van der Waals surface area (Å²) in [6, 6.07) is 8.20. The Morgan fingerprint density at radius 3 is 2.38 bits per heavy atom. The number of amides is 1. The predicted molar refractivity (Wildman–Crippen MR) is 83.0 cm³/mol. The second-order valence-corrected chi connectivity index (χ2v) is 5.60. The Bertz CT molecular complexity index is 439. The minimum atomic E-state index is 0.0752. The van der Waals surface area contributed by atoms with Gasteiger partial charge in [0, 0.05) is 39.3 Å². The Kier molecular flexibility index (Phi) is 6.17. The van der Waals surface area contributed by atoms with Crippen LogP contribution in [0.25, 0.3) is 0 Å². The first kappa shape index (κ1) is 15.9. The lowest BCUT2D eigenvalue weighted by Crippen LogP contribution is -2.49. The van der Waals surface area contributed by atoms with Gasteiger partial charge in [-0.3, -0.25) is 14.6 Å². The first-order chi connectivity index (χ1) is 10.2. The van der Waals surface area contributed by atoms with Crippen molar-refractivity contribution in [2.75, 3.05) is 45.9 Å². The van der Waals surface area contributed by atoms with Crippen molar-refractivity contribution < 1.29 is 9.90 Å². The van der Waals surface area contributed by atoms with Crippen molar-refractivity contribution in [1.29, 1.82) is 0 Å². The van der Waals surface area contributed by atoms with Crippen LogP contribution < -0.4 is 5.32 Å². The molecule has 1 aromatic carbocycles. The lowest BCUT2D eigenvalue weighted by molar-refractivity contribution is -0.122.